The molecule has 5 heteroatoms. The molecule has 2 N–H and O–H groups in total. The van der Waals surface area contributed by atoms with Gasteiger partial charge >= 0.3 is 0 Å². The first-order chi connectivity index (χ1) is 11.2. The van der Waals surface area contributed by atoms with Crippen LogP contribution in [0.25, 0.3) is 11.3 Å². The Kier molecular flexibility index (Phi) is 6.11. The Labute approximate surface area is 136 Å². The molecule has 2 aromatic rings. The molecule has 2 rings (SSSR count). The van der Waals surface area contributed by atoms with E-state index in [4.69, 9.17) is 9.84 Å². The van der Waals surface area contributed by atoms with Crippen LogP contribution in [0.4, 0.5) is 0 Å². The minimum Gasteiger partial charge on any atom is -0.496 e. The Morgan fingerprint density at radius 2 is 2.17 bits per heavy atom. The number of carbonyl (C=O) groups is 1. The number of aromatic nitrogens is 1. The van der Waals surface area contributed by atoms with Gasteiger partial charge in [0, 0.05) is 30.0 Å². The molecule has 1 unspecified atom stereocenters. The van der Waals surface area contributed by atoms with Gasteiger partial charge in [-0.2, -0.15) is 0 Å². The van der Waals surface area contributed by atoms with Crippen molar-refractivity contribution < 1.29 is 14.6 Å². The first kappa shape index (κ1) is 17.0. The van der Waals surface area contributed by atoms with E-state index >= 15 is 0 Å². The second kappa shape index (κ2) is 8.29. The number of carbonyl (C=O) groups excluding carboxylic acids is 1. The molecule has 0 aliphatic carbocycles. The molecule has 0 saturated heterocycles. The lowest BCUT2D eigenvalue weighted by molar-refractivity contribution is 0.0929. The van der Waals surface area contributed by atoms with Crippen molar-refractivity contribution in [2.24, 2.45) is 0 Å². The predicted molar refractivity (Wildman–Crippen MR) is 89.5 cm³/mol. The lowest BCUT2D eigenvalue weighted by atomic mass is 10.0. The number of hydrogen-bond acceptors (Lipinski definition) is 4. The van der Waals surface area contributed by atoms with Gasteiger partial charge in [-0.3, -0.25) is 9.78 Å². The van der Waals surface area contributed by atoms with Crippen molar-refractivity contribution in [3.05, 3.63) is 48.2 Å². The highest BCUT2D eigenvalue weighted by Crippen LogP contribution is 2.29. The van der Waals surface area contributed by atoms with E-state index in [-0.39, 0.29) is 18.6 Å². The smallest absolute Gasteiger partial charge is 0.251 e. The number of aliphatic hydroxyl groups is 1. The Hall–Kier alpha value is -2.40. The van der Waals surface area contributed by atoms with E-state index in [1.54, 1.807) is 31.5 Å². The lowest BCUT2D eigenvalue weighted by Gasteiger charge is -2.16. The maximum Gasteiger partial charge on any atom is 0.251 e. The first-order valence-electron chi connectivity index (χ1n) is 7.70. The molecule has 1 atom stereocenters. The van der Waals surface area contributed by atoms with Crippen molar-refractivity contribution in [3.8, 4) is 17.0 Å². The third kappa shape index (κ3) is 4.29. The number of rotatable bonds is 7. The van der Waals surface area contributed by atoms with Gasteiger partial charge in [-0.05, 0) is 43.2 Å². The Morgan fingerprint density at radius 1 is 1.35 bits per heavy atom. The quantitative estimate of drug-likeness (QED) is 0.824. The average molecular weight is 314 g/mol. The number of nitrogens with zero attached hydrogens (tertiary/aromatic N) is 1. The fraction of sp³-hybridized carbons (Fsp3) is 0.333. The number of hydrogen-bond donors (Lipinski definition) is 2. The lowest BCUT2D eigenvalue weighted by Crippen LogP contribution is -2.35. The Morgan fingerprint density at radius 3 is 2.78 bits per heavy atom. The summed E-state index contributed by atoms with van der Waals surface area (Å²) in [7, 11) is 1.59. The van der Waals surface area contributed by atoms with Gasteiger partial charge in [0.15, 0.2) is 0 Å². The van der Waals surface area contributed by atoms with Crippen molar-refractivity contribution in [3.63, 3.8) is 0 Å². The summed E-state index contributed by atoms with van der Waals surface area (Å²) in [5, 5.41) is 12.0. The van der Waals surface area contributed by atoms with E-state index in [9.17, 15) is 4.79 Å². The molecule has 122 valence electrons. The van der Waals surface area contributed by atoms with Gasteiger partial charge in [-0.25, -0.2) is 0 Å². The molecule has 0 radical (unpaired) electrons. The number of benzene rings is 1. The van der Waals surface area contributed by atoms with E-state index in [2.05, 4.69) is 10.3 Å². The Bertz CT molecular complexity index is 644. The average Bonchev–Trinajstić information content (AvgIpc) is 2.61. The van der Waals surface area contributed by atoms with Crippen LogP contribution in [0.15, 0.2) is 42.6 Å². The second-order valence-corrected chi connectivity index (χ2v) is 5.22. The highest BCUT2D eigenvalue weighted by atomic mass is 16.5. The Balaban J connectivity index is 2.29. The third-order valence-corrected chi connectivity index (χ3v) is 3.71. The van der Waals surface area contributed by atoms with Gasteiger partial charge in [0.05, 0.1) is 12.8 Å². The molecule has 0 spiro atoms. The number of amides is 1. The van der Waals surface area contributed by atoms with Gasteiger partial charge < -0.3 is 15.2 Å². The van der Waals surface area contributed by atoms with Crippen molar-refractivity contribution >= 4 is 5.91 Å². The zero-order chi connectivity index (χ0) is 16.7. The molecule has 0 saturated carbocycles. The van der Waals surface area contributed by atoms with Crippen LogP contribution in [0.3, 0.4) is 0 Å². The number of pyridine rings is 1. The fourth-order valence-electron chi connectivity index (χ4n) is 2.37. The minimum atomic E-state index is -0.162. The SMILES string of the molecule is CCC(CCO)NC(=O)c1ccc(OC)c(-c2ccccn2)c1. The zero-order valence-corrected chi connectivity index (χ0v) is 13.5. The summed E-state index contributed by atoms with van der Waals surface area (Å²) in [6.07, 6.45) is 3.02. The van der Waals surface area contributed by atoms with E-state index in [1.807, 2.05) is 25.1 Å². The maximum absolute atomic E-state index is 12.4. The fourth-order valence-corrected chi connectivity index (χ4v) is 2.37. The minimum absolute atomic E-state index is 0.0344. The molecule has 0 aliphatic heterocycles. The second-order valence-electron chi connectivity index (χ2n) is 5.22. The number of ether oxygens (including phenoxy) is 1. The first-order valence-corrected chi connectivity index (χ1v) is 7.70. The van der Waals surface area contributed by atoms with Crippen LogP contribution < -0.4 is 10.1 Å². The van der Waals surface area contributed by atoms with Gasteiger partial charge in [-0.15, -0.1) is 0 Å². The van der Waals surface area contributed by atoms with Gasteiger partial charge in [-0.1, -0.05) is 13.0 Å². The number of nitrogens with one attached hydrogen (secondary N) is 1. The molecule has 1 amide bonds. The van der Waals surface area contributed by atoms with Crippen LogP contribution in [0.1, 0.15) is 30.1 Å². The van der Waals surface area contributed by atoms with Crippen LogP contribution in [0.5, 0.6) is 5.75 Å². The standard InChI is InChI=1S/C18H22N2O3/c1-3-14(9-11-21)20-18(22)13-7-8-17(23-2)15(12-13)16-6-4-5-10-19-16/h4-8,10,12,14,21H,3,9,11H2,1-2H3,(H,20,22). The van der Waals surface area contributed by atoms with Crippen LogP contribution in [0, 0.1) is 0 Å². The van der Waals surface area contributed by atoms with Gasteiger partial charge in [0.25, 0.3) is 5.91 Å². The molecule has 0 bridgehead atoms. The van der Waals surface area contributed by atoms with Crippen molar-refractivity contribution in [2.75, 3.05) is 13.7 Å². The molecule has 5 nitrogen and oxygen atoms in total. The molecule has 0 aliphatic rings. The summed E-state index contributed by atoms with van der Waals surface area (Å²) >= 11 is 0. The van der Waals surface area contributed by atoms with Crippen molar-refractivity contribution in [1.29, 1.82) is 0 Å². The van der Waals surface area contributed by atoms with E-state index in [1.165, 1.54) is 0 Å². The predicted octanol–water partition coefficient (Wildman–Crippen LogP) is 2.65. The summed E-state index contributed by atoms with van der Waals surface area (Å²) in [6.45, 7) is 2.04. The van der Waals surface area contributed by atoms with Gasteiger partial charge in [0.2, 0.25) is 0 Å². The van der Waals surface area contributed by atoms with E-state index in [0.717, 1.165) is 17.7 Å². The molecule has 1 aromatic heterocycles. The monoisotopic (exact) mass is 314 g/mol. The van der Waals surface area contributed by atoms with E-state index in [0.29, 0.717) is 17.7 Å². The number of aliphatic hydroxyl groups excluding tert-OH is 1. The molecular weight excluding hydrogens is 292 g/mol. The van der Waals surface area contributed by atoms with Crippen molar-refractivity contribution in [1.82, 2.24) is 10.3 Å². The maximum atomic E-state index is 12.4. The topological polar surface area (TPSA) is 71.5 Å². The van der Waals surface area contributed by atoms with Gasteiger partial charge in [0.1, 0.15) is 5.75 Å². The molecule has 0 fully saturated rings. The summed E-state index contributed by atoms with van der Waals surface area (Å²) in [5.41, 5.74) is 2.07. The highest BCUT2D eigenvalue weighted by molar-refractivity contribution is 5.96. The third-order valence-electron chi connectivity index (χ3n) is 3.71. The summed E-state index contributed by atoms with van der Waals surface area (Å²) in [5.74, 6) is 0.507. The number of methoxy groups -OCH3 is 1. The van der Waals surface area contributed by atoms with Crippen LogP contribution in [0.2, 0.25) is 0 Å². The normalized spacial score (nSPS) is 11.8. The largest absolute Gasteiger partial charge is 0.496 e. The van der Waals surface area contributed by atoms with E-state index < -0.39 is 0 Å². The zero-order valence-electron chi connectivity index (χ0n) is 13.5. The summed E-state index contributed by atoms with van der Waals surface area (Å²) in [4.78, 5) is 16.7. The highest BCUT2D eigenvalue weighted by Gasteiger charge is 2.15. The van der Waals surface area contributed by atoms with Crippen LogP contribution in [-0.2, 0) is 0 Å². The molecule has 1 aromatic carbocycles. The van der Waals surface area contributed by atoms with Crippen LogP contribution in [-0.4, -0.2) is 35.8 Å². The molecule has 1 heterocycles. The molecule has 23 heavy (non-hydrogen) atoms. The van der Waals surface area contributed by atoms with Crippen LogP contribution >= 0.6 is 0 Å². The molecular formula is C18H22N2O3. The summed E-state index contributed by atoms with van der Waals surface area (Å²) in [6, 6.07) is 10.9. The van der Waals surface area contributed by atoms with Crippen molar-refractivity contribution in [2.45, 2.75) is 25.8 Å². The summed E-state index contributed by atoms with van der Waals surface area (Å²) < 4.78 is 5.37.